The summed E-state index contributed by atoms with van der Waals surface area (Å²) in [4.78, 5) is 31.2. The van der Waals surface area contributed by atoms with Gasteiger partial charge < -0.3 is 19.9 Å². The van der Waals surface area contributed by atoms with Crippen molar-refractivity contribution in [1.82, 2.24) is 9.55 Å². The molecule has 1 aliphatic heterocycles. The highest BCUT2D eigenvalue weighted by atomic mass is 19.4. The number of hydrogen-bond donors (Lipinski definition) is 3. The van der Waals surface area contributed by atoms with Crippen molar-refractivity contribution in [3.8, 4) is 0 Å². The molecule has 0 radical (unpaired) electrons. The van der Waals surface area contributed by atoms with Crippen molar-refractivity contribution in [1.29, 1.82) is 5.41 Å². The molecule has 0 aromatic carbocycles. The van der Waals surface area contributed by atoms with E-state index in [4.69, 9.17) is 15.9 Å². The second kappa shape index (κ2) is 10.4. The van der Waals surface area contributed by atoms with Crippen LogP contribution >= 0.6 is 0 Å². The molecule has 194 valence electrons. The number of aryl methyl sites for hydroxylation is 1. The van der Waals surface area contributed by atoms with Crippen molar-refractivity contribution >= 4 is 35.3 Å². The largest absolute Gasteiger partial charge is 0.495 e. The second-order valence-electron chi connectivity index (χ2n) is 8.73. The first-order chi connectivity index (χ1) is 16.8. The molecular weight excluding hydrogens is 479 g/mol. The number of anilines is 3. The highest BCUT2D eigenvalue weighted by molar-refractivity contribution is 5.96. The maximum atomic E-state index is 13.1. The third kappa shape index (κ3) is 5.83. The van der Waals surface area contributed by atoms with Crippen LogP contribution in [0.1, 0.15) is 30.9 Å². The van der Waals surface area contributed by atoms with E-state index in [0.717, 1.165) is 10.3 Å². The zero-order valence-corrected chi connectivity index (χ0v) is 20.4. The lowest BCUT2D eigenvalue weighted by Crippen LogP contribution is -2.42. The molecule has 1 unspecified atom stereocenters. The SMILES string of the molecule is COC(=N)c1cc(N2CCC(/C=[N+](\C)C(=O)Nc3cc(C(F)(F)F)cn(C)c3=O)C[C@@H]2C)cnc1N. The van der Waals surface area contributed by atoms with Crippen molar-refractivity contribution in [2.45, 2.75) is 32.0 Å². The number of alkyl halides is 3. The molecule has 2 atom stereocenters. The van der Waals surface area contributed by atoms with Gasteiger partial charge in [-0.2, -0.15) is 23.3 Å². The standard InChI is InChI=1S/C23H28F3N7O3/c1-13-7-14(5-6-33(13)16-9-17(20(28)36-4)19(27)29-10-16)11-32(3)22(35)30-18-8-15(23(24,25)26)12-31(2)21(18)34/h8-14H,5-7H2,1-4H3,(H3-,27,28,29,30,35)/p+1/b32-11+/t13-,14?/m0/s1. The van der Waals surface area contributed by atoms with Gasteiger partial charge in [0.2, 0.25) is 5.90 Å². The van der Waals surface area contributed by atoms with Crippen LogP contribution in [0.15, 0.2) is 29.3 Å². The summed E-state index contributed by atoms with van der Waals surface area (Å²) in [6.07, 6.45) is 0.740. The van der Waals surface area contributed by atoms with Crippen LogP contribution in [0.4, 0.5) is 35.2 Å². The highest BCUT2D eigenvalue weighted by Crippen LogP contribution is 2.30. The van der Waals surface area contributed by atoms with Gasteiger partial charge in [0.05, 0.1) is 43.4 Å². The van der Waals surface area contributed by atoms with Crippen LogP contribution in [-0.2, 0) is 18.0 Å². The minimum Gasteiger partial charge on any atom is -0.481 e. The van der Waals surface area contributed by atoms with Crippen LogP contribution < -0.4 is 21.5 Å². The molecule has 3 heterocycles. The second-order valence-corrected chi connectivity index (χ2v) is 8.73. The Kier molecular flexibility index (Phi) is 7.70. The van der Waals surface area contributed by atoms with E-state index >= 15 is 0 Å². The Bertz CT molecular complexity index is 1260. The predicted octanol–water partition coefficient (Wildman–Crippen LogP) is 2.90. The van der Waals surface area contributed by atoms with Crippen LogP contribution in [-0.4, -0.2) is 59.0 Å². The molecule has 13 heteroatoms. The molecule has 0 aliphatic carbocycles. The summed E-state index contributed by atoms with van der Waals surface area (Å²) in [6, 6.07) is 1.73. The smallest absolute Gasteiger partial charge is 0.481 e. The number of nitrogens with two attached hydrogens (primary N) is 1. The van der Waals surface area contributed by atoms with Gasteiger partial charge in [-0.15, -0.1) is 0 Å². The summed E-state index contributed by atoms with van der Waals surface area (Å²) in [5, 5.41) is 10.2. The summed E-state index contributed by atoms with van der Waals surface area (Å²) in [6.45, 7) is 2.65. The Morgan fingerprint density at radius 3 is 2.69 bits per heavy atom. The third-order valence-electron chi connectivity index (χ3n) is 6.11. The molecule has 0 spiro atoms. The molecule has 10 nitrogen and oxygen atoms in total. The highest BCUT2D eigenvalue weighted by Gasteiger charge is 2.33. The number of pyridine rings is 2. The van der Waals surface area contributed by atoms with Gasteiger partial charge in [-0.1, -0.05) is 0 Å². The Morgan fingerprint density at radius 2 is 2.08 bits per heavy atom. The predicted molar refractivity (Wildman–Crippen MR) is 130 cm³/mol. The fourth-order valence-corrected chi connectivity index (χ4v) is 4.18. The molecule has 0 bridgehead atoms. The maximum Gasteiger partial charge on any atom is 0.495 e. The number of nitrogens with one attached hydrogen (secondary N) is 2. The zero-order valence-electron chi connectivity index (χ0n) is 20.4. The summed E-state index contributed by atoms with van der Waals surface area (Å²) < 4.78 is 46.3. The fourth-order valence-electron chi connectivity index (χ4n) is 4.18. The normalized spacial score (nSPS) is 18.6. The van der Waals surface area contributed by atoms with Crippen molar-refractivity contribution in [3.63, 3.8) is 0 Å². The Labute approximate surface area is 205 Å². The van der Waals surface area contributed by atoms with Crippen molar-refractivity contribution < 1.29 is 27.3 Å². The van der Waals surface area contributed by atoms with E-state index in [-0.39, 0.29) is 23.7 Å². The Morgan fingerprint density at radius 1 is 1.39 bits per heavy atom. The van der Waals surface area contributed by atoms with Gasteiger partial charge in [-0.25, -0.2) is 9.56 Å². The monoisotopic (exact) mass is 508 g/mol. The number of ether oxygens (including phenoxy) is 1. The minimum absolute atomic E-state index is 0.00910. The number of amides is 2. The van der Waals surface area contributed by atoms with Crippen LogP contribution in [0.5, 0.6) is 0 Å². The quantitative estimate of drug-likeness (QED) is 0.331. The fraction of sp³-hybridized carbons (Fsp3) is 0.435. The average molecular weight is 509 g/mol. The van der Waals surface area contributed by atoms with E-state index in [0.29, 0.717) is 37.2 Å². The molecule has 2 amide bonds. The first kappa shape index (κ1) is 26.7. The van der Waals surface area contributed by atoms with E-state index in [1.54, 1.807) is 18.5 Å². The third-order valence-corrected chi connectivity index (χ3v) is 6.11. The van der Waals surface area contributed by atoms with Crippen LogP contribution in [0, 0.1) is 11.3 Å². The number of methoxy groups -OCH3 is 1. The van der Waals surface area contributed by atoms with Gasteiger partial charge in [0.25, 0.3) is 5.56 Å². The summed E-state index contributed by atoms with van der Waals surface area (Å²) >= 11 is 0. The zero-order chi connectivity index (χ0) is 26.8. The molecule has 0 saturated carbocycles. The van der Waals surface area contributed by atoms with Gasteiger partial charge in [0.15, 0.2) is 5.69 Å². The molecular formula is C23H29F3N7O3+. The van der Waals surface area contributed by atoms with Crippen LogP contribution in [0.25, 0.3) is 0 Å². The van der Waals surface area contributed by atoms with Gasteiger partial charge in [-0.3, -0.25) is 10.2 Å². The first-order valence-electron chi connectivity index (χ1n) is 11.1. The number of nitrogen functional groups attached to an aromatic ring is 1. The van der Waals surface area contributed by atoms with Crippen LogP contribution in [0.3, 0.4) is 0 Å². The van der Waals surface area contributed by atoms with E-state index in [2.05, 4.69) is 15.2 Å². The average Bonchev–Trinajstić information content (AvgIpc) is 2.81. The molecule has 36 heavy (non-hydrogen) atoms. The number of piperidine rings is 1. The Balaban J connectivity index is 1.71. The number of halogens is 3. The lowest BCUT2D eigenvalue weighted by molar-refractivity contribution is -0.386. The number of rotatable bonds is 4. The van der Waals surface area contributed by atoms with E-state index in [9.17, 15) is 22.8 Å². The van der Waals surface area contributed by atoms with E-state index in [1.807, 2.05) is 6.92 Å². The Hall–Kier alpha value is -3.90. The van der Waals surface area contributed by atoms with Gasteiger partial charge in [0.1, 0.15) is 5.82 Å². The molecule has 1 saturated heterocycles. The van der Waals surface area contributed by atoms with Gasteiger partial charge in [0, 0.05) is 37.8 Å². The molecule has 3 rings (SSSR count). The van der Waals surface area contributed by atoms with Crippen molar-refractivity contribution in [2.75, 3.05) is 36.7 Å². The maximum absolute atomic E-state index is 13.1. The van der Waals surface area contributed by atoms with Crippen molar-refractivity contribution in [3.05, 3.63) is 46.0 Å². The number of carbonyl (C=O) groups is 1. The number of urea groups is 1. The molecule has 2 aromatic rings. The molecule has 1 aliphatic rings. The van der Waals surface area contributed by atoms with E-state index in [1.165, 1.54) is 25.8 Å². The summed E-state index contributed by atoms with van der Waals surface area (Å²) in [7, 11) is 4.06. The molecule has 1 fully saturated rings. The molecule has 2 aromatic heterocycles. The van der Waals surface area contributed by atoms with Gasteiger partial charge in [-0.05, 0) is 25.8 Å². The summed E-state index contributed by atoms with van der Waals surface area (Å²) in [5.41, 5.74) is 4.82. The molecule has 4 N–H and O–H groups in total. The minimum atomic E-state index is -4.66. The van der Waals surface area contributed by atoms with Crippen molar-refractivity contribution in [2.24, 2.45) is 13.0 Å². The van der Waals surface area contributed by atoms with E-state index < -0.39 is 29.0 Å². The number of aromatic nitrogens is 2. The first-order valence-corrected chi connectivity index (χ1v) is 11.1. The lowest BCUT2D eigenvalue weighted by Gasteiger charge is -2.38. The van der Waals surface area contributed by atoms with Gasteiger partial charge >= 0.3 is 12.2 Å². The summed E-state index contributed by atoms with van der Waals surface area (Å²) in [5.74, 6) is 0.125. The lowest BCUT2D eigenvalue weighted by atomic mass is 9.92. The number of nitrogens with zero attached hydrogens (tertiary/aromatic N) is 4. The number of carbonyl (C=O) groups excluding carboxylic acids is 1. The topological polar surface area (TPSA) is 129 Å². The number of hydrogen-bond acceptors (Lipinski definition) is 7. The van der Waals surface area contributed by atoms with Crippen LogP contribution in [0.2, 0.25) is 0 Å².